The van der Waals surface area contributed by atoms with E-state index >= 15 is 0 Å². The molecule has 1 atom stereocenters. The summed E-state index contributed by atoms with van der Waals surface area (Å²) in [5, 5.41) is 0. The molecule has 0 saturated heterocycles. The van der Waals surface area contributed by atoms with E-state index in [9.17, 15) is 4.79 Å². The highest BCUT2D eigenvalue weighted by atomic mass is 16.2. The minimum atomic E-state index is -0.126. The van der Waals surface area contributed by atoms with Crippen LogP contribution in [-0.4, -0.2) is 20.8 Å². The van der Waals surface area contributed by atoms with Crippen molar-refractivity contribution in [1.29, 1.82) is 0 Å². The van der Waals surface area contributed by atoms with Gasteiger partial charge in [-0.2, -0.15) is 0 Å². The van der Waals surface area contributed by atoms with Gasteiger partial charge in [0.25, 0.3) is 5.91 Å². The topological polar surface area (TPSA) is 46.1 Å². The first-order chi connectivity index (χ1) is 13.7. The van der Waals surface area contributed by atoms with Gasteiger partial charge in [0.1, 0.15) is 5.69 Å². The van der Waals surface area contributed by atoms with Crippen LogP contribution in [0, 0.1) is 0 Å². The van der Waals surface area contributed by atoms with E-state index in [0.717, 1.165) is 22.2 Å². The zero-order chi connectivity index (χ0) is 19.3. The summed E-state index contributed by atoms with van der Waals surface area (Å²) >= 11 is 0. The third kappa shape index (κ3) is 3.76. The highest BCUT2D eigenvalue weighted by Crippen LogP contribution is 2.24. The van der Waals surface area contributed by atoms with Gasteiger partial charge in [0.2, 0.25) is 0 Å². The molecule has 0 spiro atoms. The number of hydrogen-bond acceptors (Lipinski definition) is 3. The second-order valence-corrected chi connectivity index (χ2v) is 6.75. The van der Waals surface area contributed by atoms with Gasteiger partial charge in [-0.05, 0) is 30.2 Å². The van der Waals surface area contributed by atoms with Gasteiger partial charge in [-0.3, -0.25) is 9.78 Å². The molecule has 28 heavy (non-hydrogen) atoms. The molecule has 0 aliphatic heterocycles. The lowest BCUT2D eigenvalue weighted by Gasteiger charge is -2.29. The molecular formula is C24H21N3O. The predicted octanol–water partition coefficient (Wildman–Crippen LogP) is 5.03. The number of nitrogens with zero attached hydrogens (tertiary/aromatic N) is 3. The number of fused-ring (bicyclic) bond motifs is 1. The van der Waals surface area contributed by atoms with Crippen LogP contribution in [0.4, 0.5) is 0 Å². The van der Waals surface area contributed by atoms with Crippen molar-refractivity contribution in [2.45, 2.75) is 19.5 Å². The van der Waals surface area contributed by atoms with Gasteiger partial charge in [0, 0.05) is 6.54 Å². The summed E-state index contributed by atoms with van der Waals surface area (Å²) in [7, 11) is 0. The van der Waals surface area contributed by atoms with E-state index in [4.69, 9.17) is 0 Å². The molecule has 4 aromatic rings. The molecule has 1 heterocycles. The van der Waals surface area contributed by atoms with E-state index < -0.39 is 0 Å². The third-order valence-electron chi connectivity index (χ3n) is 4.87. The highest BCUT2D eigenvalue weighted by molar-refractivity contribution is 5.94. The average Bonchev–Trinajstić information content (AvgIpc) is 2.77. The maximum Gasteiger partial charge on any atom is 0.274 e. The predicted molar refractivity (Wildman–Crippen MR) is 111 cm³/mol. The number of carbonyl (C=O) groups excluding carboxylic acids is 1. The second-order valence-electron chi connectivity index (χ2n) is 6.75. The number of para-hydroxylation sites is 2. The summed E-state index contributed by atoms with van der Waals surface area (Å²) in [6.07, 6.45) is 1.57. The highest BCUT2D eigenvalue weighted by Gasteiger charge is 2.24. The number of aromatic nitrogens is 2. The van der Waals surface area contributed by atoms with Crippen LogP contribution in [-0.2, 0) is 6.54 Å². The zero-order valence-corrected chi connectivity index (χ0v) is 15.7. The number of benzene rings is 3. The molecule has 0 N–H and O–H groups in total. The Bertz CT molecular complexity index is 1080. The normalized spacial score (nSPS) is 11.9. The second kappa shape index (κ2) is 8.01. The van der Waals surface area contributed by atoms with Gasteiger partial charge >= 0.3 is 0 Å². The van der Waals surface area contributed by atoms with E-state index in [1.807, 2.05) is 96.8 Å². The Morgan fingerprint density at radius 2 is 1.46 bits per heavy atom. The first kappa shape index (κ1) is 17.9. The molecule has 4 rings (SSSR count). The molecule has 3 aromatic carbocycles. The van der Waals surface area contributed by atoms with Crippen molar-refractivity contribution < 1.29 is 4.79 Å². The summed E-state index contributed by atoms with van der Waals surface area (Å²) in [5.41, 5.74) is 4.02. The lowest BCUT2D eigenvalue weighted by Crippen LogP contribution is -2.33. The monoisotopic (exact) mass is 367 g/mol. The molecule has 0 bridgehead atoms. The van der Waals surface area contributed by atoms with E-state index in [-0.39, 0.29) is 11.9 Å². The Hall–Kier alpha value is -3.53. The molecule has 0 radical (unpaired) electrons. The van der Waals surface area contributed by atoms with Crippen molar-refractivity contribution >= 4 is 16.9 Å². The first-order valence-corrected chi connectivity index (χ1v) is 9.34. The number of carbonyl (C=O) groups is 1. The van der Waals surface area contributed by atoms with E-state index in [2.05, 4.69) is 9.97 Å². The first-order valence-electron chi connectivity index (χ1n) is 9.34. The molecule has 138 valence electrons. The zero-order valence-electron chi connectivity index (χ0n) is 15.7. The summed E-state index contributed by atoms with van der Waals surface area (Å²) in [6.45, 7) is 2.55. The van der Waals surface area contributed by atoms with Crippen LogP contribution in [0.2, 0.25) is 0 Å². The van der Waals surface area contributed by atoms with Crippen molar-refractivity contribution in [3.63, 3.8) is 0 Å². The minimum Gasteiger partial charge on any atom is -0.326 e. The maximum atomic E-state index is 13.4. The van der Waals surface area contributed by atoms with Gasteiger partial charge in [-0.1, -0.05) is 72.8 Å². The van der Waals surface area contributed by atoms with Gasteiger partial charge in [0.05, 0.1) is 23.3 Å². The van der Waals surface area contributed by atoms with Crippen LogP contribution >= 0.6 is 0 Å². The van der Waals surface area contributed by atoms with Crippen LogP contribution in [0.3, 0.4) is 0 Å². The summed E-state index contributed by atoms with van der Waals surface area (Å²) < 4.78 is 0. The maximum absolute atomic E-state index is 13.4. The van der Waals surface area contributed by atoms with Crippen LogP contribution < -0.4 is 0 Å². The molecule has 0 aliphatic rings. The smallest absolute Gasteiger partial charge is 0.274 e. The molecule has 1 aromatic heterocycles. The fourth-order valence-corrected chi connectivity index (χ4v) is 3.28. The van der Waals surface area contributed by atoms with Crippen molar-refractivity contribution in [2.75, 3.05) is 0 Å². The third-order valence-corrected chi connectivity index (χ3v) is 4.87. The Balaban J connectivity index is 1.71. The Morgan fingerprint density at radius 3 is 2.18 bits per heavy atom. The Labute approximate surface area is 164 Å². The fraction of sp³-hybridized carbons (Fsp3) is 0.125. The minimum absolute atomic E-state index is 0.0952. The quantitative estimate of drug-likeness (QED) is 0.497. The van der Waals surface area contributed by atoms with E-state index in [1.54, 1.807) is 6.20 Å². The number of hydrogen-bond donors (Lipinski definition) is 0. The number of rotatable bonds is 5. The van der Waals surface area contributed by atoms with Gasteiger partial charge in [-0.25, -0.2) is 4.98 Å². The van der Waals surface area contributed by atoms with Gasteiger partial charge in [0.15, 0.2) is 0 Å². The van der Waals surface area contributed by atoms with E-state index in [0.29, 0.717) is 12.2 Å². The summed E-state index contributed by atoms with van der Waals surface area (Å²) in [4.78, 5) is 24.3. The molecular weight excluding hydrogens is 346 g/mol. The Kier molecular flexibility index (Phi) is 5.11. The van der Waals surface area contributed by atoms with Crippen LogP contribution in [0.15, 0.2) is 91.1 Å². The Morgan fingerprint density at radius 1 is 0.857 bits per heavy atom. The molecule has 4 heteroatoms. The van der Waals surface area contributed by atoms with Crippen LogP contribution in [0.5, 0.6) is 0 Å². The molecule has 1 unspecified atom stereocenters. The molecule has 0 saturated carbocycles. The largest absolute Gasteiger partial charge is 0.326 e. The van der Waals surface area contributed by atoms with Crippen molar-refractivity contribution in [3.8, 4) is 0 Å². The van der Waals surface area contributed by atoms with Gasteiger partial charge in [-0.15, -0.1) is 0 Å². The number of amides is 1. The summed E-state index contributed by atoms with van der Waals surface area (Å²) in [5.74, 6) is -0.126. The van der Waals surface area contributed by atoms with Crippen molar-refractivity contribution in [2.24, 2.45) is 0 Å². The molecule has 0 fully saturated rings. The average molecular weight is 367 g/mol. The fourth-order valence-electron chi connectivity index (χ4n) is 3.28. The molecule has 1 amide bonds. The molecule has 0 aliphatic carbocycles. The lowest BCUT2D eigenvalue weighted by atomic mass is 10.1. The van der Waals surface area contributed by atoms with Gasteiger partial charge < -0.3 is 4.90 Å². The van der Waals surface area contributed by atoms with Crippen LogP contribution in [0.1, 0.15) is 34.6 Å². The molecule has 4 nitrogen and oxygen atoms in total. The SMILES string of the molecule is CC(c1ccccc1)N(Cc1ccccc1)C(=O)c1cnc2ccccc2n1. The summed E-state index contributed by atoms with van der Waals surface area (Å²) in [6, 6.07) is 27.6. The van der Waals surface area contributed by atoms with Crippen LogP contribution in [0.25, 0.3) is 11.0 Å². The van der Waals surface area contributed by atoms with E-state index in [1.165, 1.54) is 0 Å². The van der Waals surface area contributed by atoms with Crippen molar-refractivity contribution in [3.05, 3.63) is 108 Å². The van der Waals surface area contributed by atoms with Crippen molar-refractivity contribution in [1.82, 2.24) is 14.9 Å². The standard InChI is InChI=1S/C24H21N3O/c1-18(20-12-6-3-7-13-20)27(17-19-10-4-2-5-11-19)24(28)23-16-25-21-14-8-9-15-22(21)26-23/h2-16,18H,17H2,1H3. The lowest BCUT2D eigenvalue weighted by molar-refractivity contribution is 0.0668.